The molecular formula is C23H27ClFN3O4S. The quantitative estimate of drug-likeness (QED) is 0.610. The van der Waals surface area contributed by atoms with Crippen LogP contribution in [0.1, 0.15) is 42.6 Å². The summed E-state index contributed by atoms with van der Waals surface area (Å²) in [5, 5.41) is 5.67. The molecule has 2 aromatic rings. The maximum Gasteiger partial charge on any atom is 0.253 e. The van der Waals surface area contributed by atoms with Crippen LogP contribution in [-0.4, -0.2) is 43.7 Å². The molecule has 1 saturated heterocycles. The van der Waals surface area contributed by atoms with Gasteiger partial charge in [-0.05, 0) is 51.0 Å². The number of benzene rings is 2. The molecule has 0 bridgehead atoms. The number of nitrogens with one attached hydrogen (secondary N) is 2. The number of hydrogen-bond acceptors (Lipinski definition) is 4. The van der Waals surface area contributed by atoms with E-state index < -0.39 is 27.5 Å². The fourth-order valence-corrected chi connectivity index (χ4v) is 5.62. The number of amides is 2. The molecule has 1 aliphatic rings. The molecule has 7 nitrogen and oxygen atoms in total. The molecule has 0 atom stereocenters. The normalized spacial score (nSPS) is 15.4. The predicted octanol–water partition coefficient (Wildman–Crippen LogP) is 3.80. The second-order valence-electron chi connectivity index (χ2n) is 8.29. The number of carbonyl (C=O) groups excluding carboxylic acids is 2. The number of nitrogens with zero attached hydrogens (tertiary/aromatic N) is 1. The van der Waals surface area contributed by atoms with E-state index in [-0.39, 0.29) is 41.5 Å². The molecule has 33 heavy (non-hydrogen) atoms. The standard InChI is InChI=1S/C23H27ClFN3O4S/c1-15(2)26-23(30)17-6-3-4-9-21(17)27-22(29)16-10-12-28(13-11-16)33(31,32)14-18-19(24)7-5-8-20(18)25/h3-9,15-16H,10-14H2,1-2H3,(H,26,30)(H,27,29). The molecular weight excluding hydrogens is 469 g/mol. The molecule has 0 radical (unpaired) electrons. The minimum atomic E-state index is -3.79. The summed E-state index contributed by atoms with van der Waals surface area (Å²) in [6.07, 6.45) is 0.632. The van der Waals surface area contributed by atoms with E-state index in [0.717, 1.165) is 0 Å². The van der Waals surface area contributed by atoms with Crippen LogP contribution in [0, 0.1) is 11.7 Å². The Morgan fingerprint density at radius 3 is 2.42 bits per heavy atom. The van der Waals surface area contributed by atoms with Gasteiger partial charge in [0.05, 0.1) is 17.0 Å². The van der Waals surface area contributed by atoms with Crippen molar-refractivity contribution in [1.82, 2.24) is 9.62 Å². The summed E-state index contributed by atoms with van der Waals surface area (Å²) in [5.74, 6) is -2.16. The number of piperidine rings is 1. The molecule has 2 aromatic carbocycles. The molecule has 1 aliphatic heterocycles. The van der Waals surface area contributed by atoms with Gasteiger partial charge in [0.2, 0.25) is 15.9 Å². The van der Waals surface area contributed by atoms with Crippen LogP contribution in [0.5, 0.6) is 0 Å². The van der Waals surface area contributed by atoms with Gasteiger partial charge in [0, 0.05) is 35.6 Å². The lowest BCUT2D eigenvalue weighted by atomic mass is 9.97. The number of halogens is 2. The summed E-state index contributed by atoms with van der Waals surface area (Å²) in [6, 6.07) is 10.7. The fourth-order valence-electron chi connectivity index (χ4n) is 3.70. The topological polar surface area (TPSA) is 95.6 Å². The van der Waals surface area contributed by atoms with Gasteiger partial charge in [0.1, 0.15) is 5.82 Å². The highest BCUT2D eigenvalue weighted by molar-refractivity contribution is 7.88. The molecule has 1 fully saturated rings. The molecule has 0 aromatic heterocycles. The molecule has 0 saturated carbocycles. The second kappa shape index (κ2) is 10.6. The Kier molecular flexibility index (Phi) is 8.10. The Balaban J connectivity index is 1.62. The first kappa shape index (κ1) is 25.1. The monoisotopic (exact) mass is 495 g/mol. The lowest BCUT2D eigenvalue weighted by molar-refractivity contribution is -0.120. The van der Waals surface area contributed by atoms with Crippen molar-refractivity contribution in [3.05, 3.63) is 64.4 Å². The Morgan fingerprint density at radius 1 is 1.12 bits per heavy atom. The van der Waals surface area contributed by atoms with Gasteiger partial charge in [0.25, 0.3) is 5.91 Å². The number of hydrogen-bond donors (Lipinski definition) is 2. The molecule has 3 rings (SSSR count). The fraction of sp³-hybridized carbons (Fsp3) is 0.391. The molecule has 0 unspecified atom stereocenters. The van der Waals surface area contributed by atoms with E-state index in [2.05, 4.69) is 10.6 Å². The van der Waals surface area contributed by atoms with Gasteiger partial charge in [-0.25, -0.2) is 17.1 Å². The van der Waals surface area contributed by atoms with Crippen LogP contribution >= 0.6 is 11.6 Å². The molecule has 10 heteroatoms. The maximum atomic E-state index is 14.0. The van der Waals surface area contributed by atoms with E-state index in [9.17, 15) is 22.4 Å². The first-order valence-electron chi connectivity index (χ1n) is 10.7. The summed E-state index contributed by atoms with van der Waals surface area (Å²) in [7, 11) is -3.79. The summed E-state index contributed by atoms with van der Waals surface area (Å²) >= 11 is 5.97. The van der Waals surface area contributed by atoms with Crippen molar-refractivity contribution in [3.63, 3.8) is 0 Å². The van der Waals surface area contributed by atoms with Crippen LogP contribution in [0.15, 0.2) is 42.5 Å². The minimum absolute atomic E-state index is 0.0493. The summed E-state index contributed by atoms with van der Waals surface area (Å²) in [6.45, 7) is 3.98. The Morgan fingerprint density at radius 2 is 1.79 bits per heavy atom. The van der Waals surface area contributed by atoms with Crippen molar-refractivity contribution in [2.75, 3.05) is 18.4 Å². The molecule has 2 amide bonds. The van der Waals surface area contributed by atoms with E-state index in [1.807, 2.05) is 13.8 Å². The number of anilines is 1. The van der Waals surface area contributed by atoms with Gasteiger partial charge in [-0.15, -0.1) is 0 Å². The summed E-state index contributed by atoms with van der Waals surface area (Å²) in [5.41, 5.74) is 0.710. The van der Waals surface area contributed by atoms with Crippen molar-refractivity contribution < 1.29 is 22.4 Å². The van der Waals surface area contributed by atoms with E-state index in [1.165, 1.54) is 22.5 Å². The molecule has 0 aliphatic carbocycles. The van der Waals surface area contributed by atoms with Crippen LogP contribution in [0.4, 0.5) is 10.1 Å². The zero-order chi connectivity index (χ0) is 24.2. The van der Waals surface area contributed by atoms with Gasteiger partial charge < -0.3 is 10.6 Å². The van der Waals surface area contributed by atoms with Crippen LogP contribution in [0.3, 0.4) is 0 Å². The molecule has 1 heterocycles. The maximum absolute atomic E-state index is 14.0. The van der Waals surface area contributed by atoms with Crippen molar-refractivity contribution in [1.29, 1.82) is 0 Å². The zero-order valence-corrected chi connectivity index (χ0v) is 20.0. The Labute approximate surface area is 198 Å². The Bertz CT molecular complexity index is 1110. The van der Waals surface area contributed by atoms with E-state index in [4.69, 9.17) is 11.6 Å². The van der Waals surface area contributed by atoms with Gasteiger partial charge in [0.15, 0.2) is 0 Å². The Hall–Kier alpha value is -2.49. The van der Waals surface area contributed by atoms with Gasteiger partial charge in [-0.3, -0.25) is 9.59 Å². The van der Waals surface area contributed by atoms with Gasteiger partial charge >= 0.3 is 0 Å². The van der Waals surface area contributed by atoms with Crippen molar-refractivity contribution >= 4 is 39.1 Å². The van der Waals surface area contributed by atoms with Crippen molar-refractivity contribution in [2.24, 2.45) is 5.92 Å². The smallest absolute Gasteiger partial charge is 0.253 e. The number of carbonyl (C=O) groups is 2. The zero-order valence-electron chi connectivity index (χ0n) is 18.5. The van der Waals surface area contributed by atoms with Crippen molar-refractivity contribution in [3.8, 4) is 0 Å². The van der Waals surface area contributed by atoms with Crippen LogP contribution in [0.2, 0.25) is 5.02 Å². The average Bonchev–Trinajstić information content (AvgIpc) is 2.76. The van der Waals surface area contributed by atoms with E-state index >= 15 is 0 Å². The predicted molar refractivity (Wildman–Crippen MR) is 126 cm³/mol. The second-order valence-corrected chi connectivity index (χ2v) is 10.7. The minimum Gasteiger partial charge on any atom is -0.350 e. The van der Waals surface area contributed by atoms with Crippen LogP contribution < -0.4 is 10.6 Å². The third kappa shape index (κ3) is 6.31. The molecule has 2 N–H and O–H groups in total. The highest BCUT2D eigenvalue weighted by atomic mass is 35.5. The van der Waals surface area contributed by atoms with Crippen LogP contribution in [-0.2, 0) is 20.6 Å². The first-order chi connectivity index (χ1) is 15.6. The number of rotatable bonds is 7. The third-order valence-corrected chi connectivity index (χ3v) is 7.62. The van der Waals surface area contributed by atoms with E-state index in [0.29, 0.717) is 24.1 Å². The molecule has 0 spiro atoms. The third-order valence-electron chi connectivity index (χ3n) is 5.46. The van der Waals surface area contributed by atoms with Crippen molar-refractivity contribution in [2.45, 2.75) is 38.5 Å². The average molecular weight is 496 g/mol. The number of sulfonamides is 1. The van der Waals surface area contributed by atoms with E-state index in [1.54, 1.807) is 24.3 Å². The molecule has 178 valence electrons. The van der Waals surface area contributed by atoms with Gasteiger partial charge in [-0.2, -0.15) is 0 Å². The highest BCUT2D eigenvalue weighted by Crippen LogP contribution is 2.27. The lowest BCUT2D eigenvalue weighted by Crippen LogP contribution is -2.42. The SMILES string of the molecule is CC(C)NC(=O)c1ccccc1NC(=O)C1CCN(S(=O)(=O)Cc2c(F)cccc2Cl)CC1. The largest absolute Gasteiger partial charge is 0.350 e. The summed E-state index contributed by atoms with van der Waals surface area (Å²) in [4.78, 5) is 25.2. The van der Waals surface area contributed by atoms with Gasteiger partial charge in [-0.1, -0.05) is 29.8 Å². The summed E-state index contributed by atoms with van der Waals surface area (Å²) < 4.78 is 40.9. The first-order valence-corrected chi connectivity index (χ1v) is 12.7. The highest BCUT2D eigenvalue weighted by Gasteiger charge is 2.32. The van der Waals surface area contributed by atoms with Crippen LogP contribution in [0.25, 0.3) is 0 Å². The lowest BCUT2D eigenvalue weighted by Gasteiger charge is -2.30. The number of para-hydroxylation sites is 1.